The van der Waals surface area contributed by atoms with Crippen LogP contribution in [0.4, 0.5) is 0 Å². The molecule has 0 radical (unpaired) electrons. The average molecular weight is 273 g/mol. The molecule has 2 heterocycles. The summed E-state index contributed by atoms with van der Waals surface area (Å²) < 4.78 is 1.77. The second kappa shape index (κ2) is 5.57. The van der Waals surface area contributed by atoms with Crippen LogP contribution < -0.4 is 0 Å². The molecule has 2 unspecified atom stereocenters. The van der Waals surface area contributed by atoms with E-state index in [-0.39, 0.29) is 6.04 Å². The Morgan fingerprint density at radius 1 is 1.50 bits per heavy atom. The predicted octanol–water partition coefficient (Wildman–Crippen LogP) is 0.836. The summed E-state index contributed by atoms with van der Waals surface area (Å²) in [6.07, 6.45) is 1.00. The number of aromatic nitrogens is 2. The van der Waals surface area contributed by atoms with Gasteiger partial charge in [0, 0.05) is 26.2 Å². The van der Waals surface area contributed by atoms with Crippen LogP contribution in [-0.2, 0) is 6.54 Å². The predicted molar refractivity (Wildman–Crippen MR) is 71.8 cm³/mol. The van der Waals surface area contributed by atoms with Crippen LogP contribution in [0.25, 0.3) is 0 Å². The minimum atomic E-state index is -0.604. The number of piperazine rings is 1. The van der Waals surface area contributed by atoms with E-state index in [0.29, 0.717) is 11.6 Å². The molecule has 0 aliphatic carbocycles. The minimum absolute atomic E-state index is 0.0586. The van der Waals surface area contributed by atoms with Crippen LogP contribution in [0.2, 0.25) is 5.02 Å². The lowest BCUT2D eigenvalue weighted by atomic mass is 10.0. The van der Waals surface area contributed by atoms with Crippen molar-refractivity contribution in [2.24, 2.45) is 0 Å². The quantitative estimate of drug-likeness (QED) is 0.886. The van der Waals surface area contributed by atoms with E-state index in [1.807, 2.05) is 14.0 Å². The summed E-state index contributed by atoms with van der Waals surface area (Å²) in [5.41, 5.74) is 0.728. The van der Waals surface area contributed by atoms with Gasteiger partial charge < -0.3 is 10.0 Å². The van der Waals surface area contributed by atoms with Crippen LogP contribution in [-0.4, -0.2) is 64.5 Å². The first-order valence-corrected chi connectivity index (χ1v) is 6.70. The lowest BCUT2D eigenvalue weighted by Crippen LogP contribution is -2.52. The lowest BCUT2D eigenvalue weighted by molar-refractivity contribution is 0.00962. The highest BCUT2D eigenvalue weighted by atomic mass is 35.5. The largest absolute Gasteiger partial charge is 0.385 e. The van der Waals surface area contributed by atoms with E-state index in [9.17, 15) is 5.11 Å². The molecule has 0 bridgehead atoms. The van der Waals surface area contributed by atoms with Gasteiger partial charge in [-0.25, -0.2) is 0 Å². The fraction of sp³-hybridized carbons (Fsp3) is 0.750. The van der Waals surface area contributed by atoms with Crippen molar-refractivity contribution in [2.75, 3.05) is 33.7 Å². The molecule has 0 amide bonds. The number of hydrogen-bond acceptors (Lipinski definition) is 4. The molecule has 1 aromatic rings. The molecule has 5 nitrogen and oxygen atoms in total. The Morgan fingerprint density at radius 3 is 2.89 bits per heavy atom. The number of rotatable bonds is 3. The molecule has 0 spiro atoms. The SMILES string of the molecule is CCn1ncc(Cl)c1C(O)C1CN(C)CCN1C. The molecular weight excluding hydrogens is 252 g/mol. The Balaban J connectivity index is 2.23. The Bertz CT molecular complexity index is 409. The molecule has 1 aromatic heterocycles. The van der Waals surface area contributed by atoms with Crippen LogP contribution >= 0.6 is 11.6 Å². The van der Waals surface area contributed by atoms with Gasteiger partial charge in [-0.1, -0.05) is 11.6 Å². The van der Waals surface area contributed by atoms with Crippen molar-refractivity contribution >= 4 is 11.6 Å². The van der Waals surface area contributed by atoms with Crippen LogP contribution in [0.3, 0.4) is 0 Å². The molecule has 1 saturated heterocycles. The van der Waals surface area contributed by atoms with Gasteiger partial charge in [-0.3, -0.25) is 9.58 Å². The molecule has 6 heteroatoms. The van der Waals surface area contributed by atoms with Crippen molar-refractivity contribution in [3.63, 3.8) is 0 Å². The van der Waals surface area contributed by atoms with Gasteiger partial charge in [-0.15, -0.1) is 0 Å². The van der Waals surface area contributed by atoms with Crippen LogP contribution in [0.5, 0.6) is 0 Å². The first-order valence-electron chi connectivity index (χ1n) is 6.32. The van der Waals surface area contributed by atoms with Crippen molar-refractivity contribution < 1.29 is 5.11 Å². The molecule has 1 N–H and O–H groups in total. The van der Waals surface area contributed by atoms with E-state index in [2.05, 4.69) is 21.9 Å². The number of aryl methyl sites for hydroxylation is 1. The third-order valence-corrected chi connectivity index (χ3v) is 3.97. The zero-order valence-electron chi connectivity index (χ0n) is 11.2. The van der Waals surface area contributed by atoms with Gasteiger partial charge in [0.25, 0.3) is 0 Å². The zero-order valence-corrected chi connectivity index (χ0v) is 11.9. The standard InChI is InChI=1S/C12H21ClN4O/c1-4-17-11(9(13)7-14-17)12(18)10-8-15(2)5-6-16(10)3/h7,10,12,18H,4-6,8H2,1-3H3. The summed E-state index contributed by atoms with van der Waals surface area (Å²) in [5, 5.41) is 15.3. The van der Waals surface area contributed by atoms with Gasteiger partial charge in [0.1, 0.15) is 6.10 Å². The molecule has 0 saturated carbocycles. The van der Waals surface area contributed by atoms with Crippen molar-refractivity contribution in [3.05, 3.63) is 16.9 Å². The van der Waals surface area contributed by atoms with Gasteiger partial charge in [-0.2, -0.15) is 5.10 Å². The van der Waals surface area contributed by atoms with E-state index in [1.165, 1.54) is 0 Å². The Kier molecular flexibility index (Phi) is 4.27. The Hall–Kier alpha value is -0.620. The van der Waals surface area contributed by atoms with E-state index in [1.54, 1.807) is 10.9 Å². The maximum atomic E-state index is 10.6. The van der Waals surface area contributed by atoms with Crippen LogP contribution in [0.1, 0.15) is 18.7 Å². The summed E-state index contributed by atoms with van der Waals surface area (Å²) in [4.78, 5) is 4.42. The van der Waals surface area contributed by atoms with Gasteiger partial charge in [0.15, 0.2) is 0 Å². The summed E-state index contributed by atoms with van der Waals surface area (Å²) in [5.74, 6) is 0. The first-order chi connectivity index (χ1) is 8.54. The number of nitrogens with zero attached hydrogens (tertiary/aromatic N) is 4. The summed E-state index contributed by atoms with van der Waals surface area (Å²) in [6, 6.07) is 0.0586. The first kappa shape index (κ1) is 13.8. The smallest absolute Gasteiger partial charge is 0.114 e. The van der Waals surface area contributed by atoms with E-state index in [0.717, 1.165) is 25.3 Å². The molecular formula is C12H21ClN4O. The fourth-order valence-corrected chi connectivity index (χ4v) is 2.74. The monoisotopic (exact) mass is 272 g/mol. The van der Waals surface area contributed by atoms with Gasteiger partial charge >= 0.3 is 0 Å². The number of likely N-dealkylation sites (N-methyl/N-ethyl adjacent to an activating group) is 2. The van der Waals surface area contributed by atoms with Gasteiger partial charge in [0.05, 0.1) is 23.0 Å². The second-order valence-electron chi connectivity index (χ2n) is 4.95. The molecule has 1 aliphatic heterocycles. The van der Waals surface area contributed by atoms with Crippen molar-refractivity contribution in [3.8, 4) is 0 Å². The van der Waals surface area contributed by atoms with E-state index < -0.39 is 6.10 Å². The van der Waals surface area contributed by atoms with Crippen LogP contribution in [0.15, 0.2) is 6.20 Å². The lowest BCUT2D eigenvalue weighted by Gasteiger charge is -2.40. The maximum Gasteiger partial charge on any atom is 0.114 e. The topological polar surface area (TPSA) is 44.5 Å². The molecule has 102 valence electrons. The van der Waals surface area contributed by atoms with Crippen molar-refractivity contribution in [2.45, 2.75) is 25.6 Å². The van der Waals surface area contributed by atoms with Gasteiger partial charge in [-0.05, 0) is 21.0 Å². The number of aliphatic hydroxyl groups is 1. The Morgan fingerprint density at radius 2 is 2.22 bits per heavy atom. The normalized spacial score (nSPS) is 24.4. The molecule has 2 atom stereocenters. The average Bonchev–Trinajstić information content (AvgIpc) is 2.72. The summed E-state index contributed by atoms with van der Waals surface area (Å²) in [6.45, 7) is 5.53. The highest BCUT2D eigenvalue weighted by Gasteiger charge is 2.32. The van der Waals surface area contributed by atoms with E-state index in [4.69, 9.17) is 11.6 Å². The number of halogens is 1. The fourth-order valence-electron chi connectivity index (χ4n) is 2.49. The summed E-state index contributed by atoms with van der Waals surface area (Å²) in [7, 11) is 4.12. The summed E-state index contributed by atoms with van der Waals surface area (Å²) >= 11 is 6.15. The maximum absolute atomic E-state index is 10.6. The minimum Gasteiger partial charge on any atom is -0.385 e. The number of hydrogen-bond donors (Lipinski definition) is 1. The van der Waals surface area contributed by atoms with Gasteiger partial charge in [0.2, 0.25) is 0 Å². The van der Waals surface area contributed by atoms with Crippen molar-refractivity contribution in [1.82, 2.24) is 19.6 Å². The number of aliphatic hydroxyl groups excluding tert-OH is 1. The molecule has 0 aromatic carbocycles. The molecule has 2 rings (SSSR count). The van der Waals surface area contributed by atoms with E-state index >= 15 is 0 Å². The highest BCUT2D eigenvalue weighted by molar-refractivity contribution is 6.31. The molecule has 1 aliphatic rings. The molecule has 1 fully saturated rings. The third-order valence-electron chi connectivity index (χ3n) is 3.68. The zero-order chi connectivity index (χ0) is 13.3. The molecule has 18 heavy (non-hydrogen) atoms. The van der Waals surface area contributed by atoms with Crippen molar-refractivity contribution in [1.29, 1.82) is 0 Å². The third kappa shape index (κ3) is 2.54. The Labute approximate surface area is 113 Å². The highest BCUT2D eigenvalue weighted by Crippen LogP contribution is 2.28. The second-order valence-corrected chi connectivity index (χ2v) is 5.36. The van der Waals surface area contributed by atoms with Crippen LogP contribution in [0, 0.1) is 0 Å².